The molecule has 2 N–H and O–H groups in total. The van der Waals surface area contributed by atoms with E-state index < -0.39 is 11.6 Å². The molecule has 2 fully saturated rings. The SMILES string of the molecule is COCc1ccc(C(=O)NC2(CNC(=O)[C@@H]3CSCN3C(C)=O)CCCCC2)o1. The van der Waals surface area contributed by atoms with E-state index in [1.807, 2.05) is 0 Å². The van der Waals surface area contributed by atoms with Gasteiger partial charge in [0.15, 0.2) is 5.76 Å². The highest BCUT2D eigenvalue weighted by molar-refractivity contribution is 7.99. The fourth-order valence-corrected chi connectivity index (χ4v) is 5.16. The Labute approximate surface area is 175 Å². The second-order valence-corrected chi connectivity index (χ2v) is 8.72. The van der Waals surface area contributed by atoms with Gasteiger partial charge in [0, 0.05) is 26.3 Å². The highest BCUT2D eigenvalue weighted by atomic mass is 32.2. The Balaban J connectivity index is 1.64. The lowest BCUT2D eigenvalue weighted by molar-refractivity contribution is -0.136. The summed E-state index contributed by atoms with van der Waals surface area (Å²) >= 11 is 1.57. The van der Waals surface area contributed by atoms with Crippen LogP contribution in [0.4, 0.5) is 0 Å². The van der Waals surface area contributed by atoms with Crippen LogP contribution in [0.3, 0.4) is 0 Å². The molecule has 1 saturated heterocycles. The topological polar surface area (TPSA) is 101 Å². The third-order valence-corrected chi connectivity index (χ3v) is 6.56. The van der Waals surface area contributed by atoms with Crippen molar-refractivity contribution in [1.82, 2.24) is 15.5 Å². The third kappa shape index (κ3) is 5.33. The van der Waals surface area contributed by atoms with E-state index in [9.17, 15) is 14.4 Å². The van der Waals surface area contributed by atoms with Gasteiger partial charge in [-0.3, -0.25) is 14.4 Å². The summed E-state index contributed by atoms with van der Waals surface area (Å²) in [4.78, 5) is 38.8. The van der Waals surface area contributed by atoms with Gasteiger partial charge >= 0.3 is 0 Å². The fraction of sp³-hybridized carbons (Fsp3) is 0.650. The summed E-state index contributed by atoms with van der Waals surface area (Å²) in [5, 5.41) is 6.10. The predicted octanol–water partition coefficient (Wildman–Crippen LogP) is 1.90. The number of methoxy groups -OCH3 is 1. The van der Waals surface area contributed by atoms with Crippen molar-refractivity contribution in [3.05, 3.63) is 23.7 Å². The lowest BCUT2D eigenvalue weighted by Crippen LogP contribution is -2.58. The van der Waals surface area contributed by atoms with Crippen LogP contribution >= 0.6 is 11.8 Å². The summed E-state index contributed by atoms with van der Waals surface area (Å²) in [6.07, 6.45) is 4.67. The Kier molecular flexibility index (Phi) is 7.23. The quantitative estimate of drug-likeness (QED) is 0.695. The van der Waals surface area contributed by atoms with Crippen LogP contribution in [0.25, 0.3) is 0 Å². The van der Waals surface area contributed by atoms with E-state index in [0.29, 0.717) is 30.5 Å². The zero-order valence-corrected chi connectivity index (χ0v) is 17.8. The van der Waals surface area contributed by atoms with E-state index in [0.717, 1.165) is 32.1 Å². The van der Waals surface area contributed by atoms with Crippen molar-refractivity contribution in [1.29, 1.82) is 0 Å². The second-order valence-electron chi connectivity index (χ2n) is 7.72. The number of hydrogen-bond acceptors (Lipinski definition) is 6. The molecule has 2 heterocycles. The van der Waals surface area contributed by atoms with Gasteiger partial charge in [0.2, 0.25) is 11.8 Å². The van der Waals surface area contributed by atoms with Crippen LogP contribution in [0.1, 0.15) is 55.3 Å². The van der Waals surface area contributed by atoms with Gasteiger partial charge in [-0.15, -0.1) is 11.8 Å². The van der Waals surface area contributed by atoms with Gasteiger partial charge in [0.1, 0.15) is 18.4 Å². The minimum atomic E-state index is -0.508. The lowest BCUT2D eigenvalue weighted by atomic mass is 9.81. The molecule has 0 aromatic carbocycles. The summed E-state index contributed by atoms with van der Waals surface area (Å²) in [5.41, 5.74) is -0.508. The van der Waals surface area contributed by atoms with E-state index in [1.54, 1.807) is 35.9 Å². The number of carbonyl (C=O) groups is 3. The number of nitrogens with zero attached hydrogens (tertiary/aromatic N) is 1. The van der Waals surface area contributed by atoms with Gasteiger partial charge in [0.05, 0.1) is 11.4 Å². The zero-order chi connectivity index (χ0) is 20.9. The molecule has 0 radical (unpaired) electrons. The van der Waals surface area contributed by atoms with Crippen LogP contribution in [0.5, 0.6) is 0 Å². The zero-order valence-electron chi connectivity index (χ0n) is 17.0. The molecule has 1 aliphatic carbocycles. The predicted molar refractivity (Wildman–Crippen MR) is 109 cm³/mol. The van der Waals surface area contributed by atoms with Gasteiger partial charge in [-0.25, -0.2) is 0 Å². The third-order valence-electron chi connectivity index (χ3n) is 5.55. The molecule has 1 saturated carbocycles. The molecule has 1 aromatic heterocycles. The number of hydrogen-bond donors (Lipinski definition) is 2. The largest absolute Gasteiger partial charge is 0.453 e. The van der Waals surface area contributed by atoms with Crippen LogP contribution in [0.2, 0.25) is 0 Å². The van der Waals surface area contributed by atoms with Crippen molar-refractivity contribution in [2.45, 2.75) is 57.2 Å². The molecule has 1 atom stereocenters. The average molecular weight is 424 g/mol. The molecule has 29 heavy (non-hydrogen) atoms. The van der Waals surface area contributed by atoms with Crippen LogP contribution in [-0.2, 0) is 20.9 Å². The number of nitrogens with one attached hydrogen (secondary N) is 2. The molecular formula is C20H29N3O5S. The monoisotopic (exact) mass is 423 g/mol. The summed E-state index contributed by atoms with van der Waals surface area (Å²) in [7, 11) is 1.57. The molecule has 1 aliphatic heterocycles. The number of ether oxygens (including phenoxy) is 1. The summed E-state index contributed by atoms with van der Waals surface area (Å²) in [6.45, 7) is 2.13. The molecule has 160 valence electrons. The van der Waals surface area contributed by atoms with Crippen molar-refractivity contribution in [2.75, 3.05) is 25.3 Å². The first-order chi connectivity index (χ1) is 13.9. The number of rotatable bonds is 7. The number of furan rings is 1. The molecule has 9 heteroatoms. The van der Waals surface area contributed by atoms with Crippen LogP contribution in [0.15, 0.2) is 16.5 Å². The Morgan fingerprint density at radius 1 is 1.28 bits per heavy atom. The van der Waals surface area contributed by atoms with Crippen LogP contribution in [0, 0.1) is 0 Å². The van der Waals surface area contributed by atoms with Gasteiger partial charge in [-0.05, 0) is 25.0 Å². The van der Waals surface area contributed by atoms with Crippen LogP contribution < -0.4 is 10.6 Å². The molecule has 1 aromatic rings. The minimum Gasteiger partial charge on any atom is -0.453 e. The summed E-state index contributed by atoms with van der Waals surface area (Å²) < 4.78 is 10.6. The first kappa shape index (κ1) is 21.7. The van der Waals surface area contributed by atoms with E-state index >= 15 is 0 Å². The van der Waals surface area contributed by atoms with Crippen molar-refractivity contribution in [3.8, 4) is 0 Å². The maximum atomic E-state index is 12.8. The van der Waals surface area contributed by atoms with Crippen molar-refractivity contribution in [2.24, 2.45) is 0 Å². The Morgan fingerprint density at radius 2 is 2.03 bits per heavy atom. The van der Waals surface area contributed by atoms with Gasteiger partial charge in [-0.1, -0.05) is 19.3 Å². The average Bonchev–Trinajstić information content (AvgIpc) is 3.37. The normalized spacial score (nSPS) is 21.0. The van der Waals surface area contributed by atoms with Gasteiger partial charge < -0.3 is 24.7 Å². The van der Waals surface area contributed by atoms with Gasteiger partial charge in [0.25, 0.3) is 5.91 Å². The number of amides is 3. The van der Waals surface area contributed by atoms with E-state index in [-0.39, 0.29) is 23.5 Å². The smallest absolute Gasteiger partial charge is 0.287 e. The van der Waals surface area contributed by atoms with Crippen molar-refractivity contribution < 1.29 is 23.5 Å². The Hall–Kier alpha value is -2.00. The molecule has 0 bridgehead atoms. The summed E-state index contributed by atoms with van der Waals surface area (Å²) in [5.74, 6) is 1.42. The minimum absolute atomic E-state index is 0.0967. The molecule has 2 aliphatic rings. The van der Waals surface area contributed by atoms with E-state index in [2.05, 4.69) is 10.6 Å². The highest BCUT2D eigenvalue weighted by Gasteiger charge is 2.37. The molecular weight excluding hydrogens is 394 g/mol. The molecule has 3 rings (SSSR count). The van der Waals surface area contributed by atoms with Crippen molar-refractivity contribution in [3.63, 3.8) is 0 Å². The first-order valence-electron chi connectivity index (χ1n) is 9.97. The molecule has 0 spiro atoms. The number of carbonyl (C=O) groups excluding carboxylic acids is 3. The lowest BCUT2D eigenvalue weighted by Gasteiger charge is -2.38. The first-order valence-corrected chi connectivity index (χ1v) is 11.1. The maximum Gasteiger partial charge on any atom is 0.287 e. The molecule has 3 amide bonds. The maximum absolute atomic E-state index is 12.8. The number of thioether (sulfide) groups is 1. The summed E-state index contributed by atoms with van der Waals surface area (Å²) in [6, 6.07) is 2.91. The van der Waals surface area contributed by atoms with E-state index in [1.165, 1.54) is 6.92 Å². The van der Waals surface area contributed by atoms with E-state index in [4.69, 9.17) is 9.15 Å². The Morgan fingerprint density at radius 3 is 2.72 bits per heavy atom. The fourth-order valence-electron chi connectivity index (χ4n) is 3.94. The Bertz CT molecular complexity index is 744. The second kappa shape index (κ2) is 9.67. The molecule has 8 nitrogen and oxygen atoms in total. The van der Waals surface area contributed by atoms with Gasteiger partial charge in [-0.2, -0.15) is 0 Å². The highest BCUT2D eigenvalue weighted by Crippen LogP contribution is 2.29. The van der Waals surface area contributed by atoms with Crippen molar-refractivity contribution >= 4 is 29.5 Å². The van der Waals surface area contributed by atoms with Crippen LogP contribution in [-0.4, -0.2) is 59.5 Å². The standard InChI is InChI=1S/C20H29N3O5S/c1-14(24)23-13-29-11-16(23)18(25)21-12-20(8-4-3-5-9-20)22-19(26)17-7-6-15(28-17)10-27-2/h6-7,16H,3-5,8-13H2,1-2H3,(H,21,25)(H,22,26)/t16-/m0/s1. The molecule has 0 unspecified atom stereocenters.